The van der Waals surface area contributed by atoms with Crippen LogP contribution in [0.5, 0.6) is 17.2 Å². The van der Waals surface area contributed by atoms with Crippen LogP contribution in [0.3, 0.4) is 0 Å². The van der Waals surface area contributed by atoms with Gasteiger partial charge in [0.15, 0.2) is 11.5 Å². The number of amides is 1. The van der Waals surface area contributed by atoms with Gasteiger partial charge in [-0.15, -0.1) is 0 Å². The maximum absolute atomic E-state index is 12.6. The predicted octanol–water partition coefficient (Wildman–Crippen LogP) is 3.66. The summed E-state index contributed by atoms with van der Waals surface area (Å²) in [6.07, 6.45) is 2.40. The van der Waals surface area contributed by atoms with E-state index in [0.717, 1.165) is 48.5 Å². The molecule has 2 aliphatic rings. The molecule has 3 N–H and O–H groups in total. The highest BCUT2D eigenvalue weighted by Gasteiger charge is 2.31. The average Bonchev–Trinajstić information content (AvgIpc) is 2.68. The molecular formula is C23H28N2O4. The summed E-state index contributed by atoms with van der Waals surface area (Å²) in [5.41, 5.74) is 2.83. The number of hydrogen-bond donors (Lipinski definition) is 3. The quantitative estimate of drug-likeness (QED) is 0.675. The van der Waals surface area contributed by atoms with E-state index in [-0.39, 0.29) is 17.4 Å². The summed E-state index contributed by atoms with van der Waals surface area (Å²) in [5, 5.41) is 22.3. The van der Waals surface area contributed by atoms with Gasteiger partial charge >= 0.3 is 0 Å². The molecule has 1 saturated heterocycles. The lowest BCUT2D eigenvalue weighted by Gasteiger charge is -2.39. The summed E-state index contributed by atoms with van der Waals surface area (Å²) < 4.78 is 6.00. The Balaban J connectivity index is 1.45. The first-order valence-electron chi connectivity index (χ1n) is 10.2. The molecule has 2 heterocycles. The molecule has 2 aromatic carbocycles. The van der Waals surface area contributed by atoms with Crippen LogP contribution >= 0.6 is 0 Å². The molecule has 1 fully saturated rings. The lowest BCUT2D eigenvalue weighted by atomic mass is 9.81. The fourth-order valence-electron chi connectivity index (χ4n) is 4.45. The summed E-state index contributed by atoms with van der Waals surface area (Å²) >= 11 is 0. The number of nitrogens with one attached hydrogen (secondary N) is 1. The van der Waals surface area contributed by atoms with Gasteiger partial charge in [0.1, 0.15) is 5.75 Å². The lowest BCUT2D eigenvalue weighted by Crippen LogP contribution is -2.42. The molecule has 4 rings (SSSR count). The normalized spacial score (nSPS) is 22.7. The molecule has 29 heavy (non-hydrogen) atoms. The molecule has 0 aromatic heterocycles. The molecular weight excluding hydrogens is 368 g/mol. The number of ether oxygens (including phenoxy) is 1. The minimum atomic E-state index is -0.0987. The van der Waals surface area contributed by atoms with Gasteiger partial charge in [0.25, 0.3) is 0 Å². The third-order valence-corrected chi connectivity index (χ3v) is 6.02. The van der Waals surface area contributed by atoms with E-state index >= 15 is 0 Å². The lowest BCUT2D eigenvalue weighted by molar-refractivity contribution is -0.118. The molecule has 2 atom stereocenters. The van der Waals surface area contributed by atoms with E-state index in [1.165, 1.54) is 6.07 Å². The third-order valence-electron chi connectivity index (χ3n) is 6.02. The van der Waals surface area contributed by atoms with Crippen LogP contribution in [0.4, 0.5) is 5.69 Å². The van der Waals surface area contributed by atoms with Crippen LogP contribution in [0.25, 0.3) is 0 Å². The van der Waals surface area contributed by atoms with Gasteiger partial charge in [-0.1, -0.05) is 12.1 Å². The van der Waals surface area contributed by atoms with Gasteiger partial charge in [-0.2, -0.15) is 0 Å². The zero-order chi connectivity index (χ0) is 20.4. The minimum absolute atomic E-state index is 0.0502. The van der Waals surface area contributed by atoms with E-state index in [9.17, 15) is 15.0 Å². The fourth-order valence-corrected chi connectivity index (χ4v) is 4.45. The van der Waals surface area contributed by atoms with Crippen molar-refractivity contribution in [2.75, 3.05) is 25.0 Å². The number of phenols is 2. The van der Waals surface area contributed by atoms with Gasteiger partial charge in [0.2, 0.25) is 5.91 Å². The van der Waals surface area contributed by atoms with E-state index in [1.54, 1.807) is 6.07 Å². The average molecular weight is 396 g/mol. The Kier molecular flexibility index (Phi) is 5.62. The highest BCUT2D eigenvalue weighted by Crippen LogP contribution is 2.34. The largest absolute Gasteiger partial charge is 0.504 e. The summed E-state index contributed by atoms with van der Waals surface area (Å²) in [4.78, 5) is 15.0. The van der Waals surface area contributed by atoms with E-state index < -0.39 is 0 Å². The first-order valence-corrected chi connectivity index (χ1v) is 10.2. The van der Waals surface area contributed by atoms with E-state index in [2.05, 4.69) is 10.2 Å². The van der Waals surface area contributed by atoms with Crippen LogP contribution in [-0.2, 0) is 11.3 Å². The van der Waals surface area contributed by atoms with Crippen LogP contribution in [0, 0.1) is 18.8 Å². The van der Waals surface area contributed by atoms with Crippen molar-refractivity contribution < 1.29 is 19.7 Å². The zero-order valence-electron chi connectivity index (χ0n) is 16.7. The first-order chi connectivity index (χ1) is 14.0. The van der Waals surface area contributed by atoms with Crippen molar-refractivity contribution in [3.05, 3.63) is 47.5 Å². The maximum atomic E-state index is 12.6. The Morgan fingerprint density at radius 1 is 1.10 bits per heavy atom. The van der Waals surface area contributed by atoms with Crippen molar-refractivity contribution in [1.29, 1.82) is 0 Å². The second-order valence-corrected chi connectivity index (χ2v) is 8.26. The summed E-state index contributed by atoms with van der Waals surface area (Å²) in [7, 11) is 0. The van der Waals surface area contributed by atoms with Crippen molar-refractivity contribution in [2.24, 2.45) is 11.8 Å². The number of rotatable bonds is 2. The van der Waals surface area contributed by atoms with E-state index in [1.807, 2.05) is 31.2 Å². The number of hydrogen-bond acceptors (Lipinski definition) is 5. The number of carbonyl (C=O) groups is 1. The smallest absolute Gasteiger partial charge is 0.224 e. The Bertz CT molecular complexity index is 898. The van der Waals surface area contributed by atoms with Crippen molar-refractivity contribution in [2.45, 2.75) is 32.7 Å². The van der Waals surface area contributed by atoms with Crippen molar-refractivity contribution in [1.82, 2.24) is 4.90 Å². The minimum Gasteiger partial charge on any atom is -0.504 e. The fraction of sp³-hybridized carbons (Fsp3) is 0.435. The molecule has 2 aromatic rings. The number of anilines is 1. The Morgan fingerprint density at radius 2 is 1.97 bits per heavy atom. The Morgan fingerprint density at radius 3 is 2.79 bits per heavy atom. The first kappa shape index (κ1) is 19.6. The predicted molar refractivity (Wildman–Crippen MR) is 111 cm³/mol. The molecule has 0 aliphatic carbocycles. The molecule has 0 bridgehead atoms. The summed E-state index contributed by atoms with van der Waals surface area (Å²) in [5.74, 6) is 1.32. The number of aryl methyl sites for hydroxylation is 1. The highest BCUT2D eigenvalue weighted by atomic mass is 16.5. The SMILES string of the molecule is Cc1ccc2c(c1)NC(=O)C[C@@H]1CCN(Cc3ccc(O)c(O)c3)C[C@@H]1CCO2. The second-order valence-electron chi connectivity index (χ2n) is 8.26. The van der Waals surface area contributed by atoms with Gasteiger partial charge in [-0.25, -0.2) is 0 Å². The molecule has 6 heteroatoms. The molecule has 0 unspecified atom stereocenters. The number of benzene rings is 2. The van der Waals surface area contributed by atoms with Crippen molar-refractivity contribution in [3.8, 4) is 17.2 Å². The number of nitrogens with zero attached hydrogens (tertiary/aromatic N) is 1. The van der Waals surface area contributed by atoms with Gasteiger partial charge in [-0.3, -0.25) is 9.69 Å². The van der Waals surface area contributed by atoms with Crippen LogP contribution in [0.1, 0.15) is 30.4 Å². The topological polar surface area (TPSA) is 82.0 Å². The van der Waals surface area contributed by atoms with Gasteiger partial charge in [0, 0.05) is 19.5 Å². The third kappa shape index (κ3) is 4.65. The molecule has 154 valence electrons. The Hall–Kier alpha value is -2.73. The van der Waals surface area contributed by atoms with Gasteiger partial charge in [-0.05, 0) is 73.5 Å². The maximum Gasteiger partial charge on any atom is 0.224 e. The zero-order valence-corrected chi connectivity index (χ0v) is 16.7. The van der Waals surface area contributed by atoms with Gasteiger partial charge in [0.05, 0.1) is 12.3 Å². The second kappa shape index (κ2) is 8.33. The van der Waals surface area contributed by atoms with Crippen molar-refractivity contribution in [3.63, 3.8) is 0 Å². The van der Waals surface area contributed by atoms with Gasteiger partial charge < -0.3 is 20.3 Å². The number of aromatic hydroxyl groups is 2. The molecule has 0 radical (unpaired) electrons. The number of phenolic OH excluding ortho intramolecular Hbond substituents is 2. The summed E-state index contributed by atoms with van der Waals surface area (Å²) in [6, 6.07) is 10.9. The molecule has 1 amide bonds. The monoisotopic (exact) mass is 396 g/mol. The molecule has 2 aliphatic heterocycles. The van der Waals surface area contributed by atoms with Crippen LogP contribution in [0.2, 0.25) is 0 Å². The Labute approximate surface area is 171 Å². The number of likely N-dealkylation sites (tertiary alicyclic amines) is 1. The number of piperidine rings is 1. The van der Waals surface area contributed by atoms with Crippen LogP contribution < -0.4 is 10.1 Å². The van der Waals surface area contributed by atoms with Crippen LogP contribution in [0.15, 0.2) is 36.4 Å². The molecule has 6 nitrogen and oxygen atoms in total. The molecule has 0 spiro atoms. The van der Waals surface area contributed by atoms with E-state index in [4.69, 9.17) is 4.74 Å². The molecule has 0 saturated carbocycles. The highest BCUT2D eigenvalue weighted by molar-refractivity contribution is 5.92. The number of carbonyl (C=O) groups excluding carboxylic acids is 1. The van der Waals surface area contributed by atoms with E-state index in [0.29, 0.717) is 31.4 Å². The standard InChI is InChI=1S/C23H28N2O4/c1-15-2-5-22-19(10-15)24-23(28)12-17-6-8-25(14-18(17)7-9-29-22)13-16-3-4-20(26)21(27)11-16/h2-5,10-11,17-18,26-27H,6-9,12-14H2,1H3,(H,24,28)/t17-,18-/m0/s1. The van der Waals surface area contributed by atoms with Crippen LogP contribution in [-0.4, -0.2) is 40.7 Å². The van der Waals surface area contributed by atoms with Crippen molar-refractivity contribution >= 4 is 11.6 Å². The number of fused-ring (bicyclic) bond motifs is 2. The summed E-state index contributed by atoms with van der Waals surface area (Å²) in [6.45, 7) is 5.15.